The van der Waals surface area contributed by atoms with Crippen LogP contribution in [0.3, 0.4) is 0 Å². The summed E-state index contributed by atoms with van der Waals surface area (Å²) in [6.45, 7) is 2.70. The smallest absolute Gasteiger partial charge is 0.306 e. The van der Waals surface area contributed by atoms with Crippen LogP contribution < -0.4 is 5.11 Å². The Labute approximate surface area is 172 Å². The fraction of sp³-hybridized carbons (Fsp3) is 0.826. The molecule has 1 atom stereocenters. The van der Waals surface area contributed by atoms with E-state index < -0.39 is 12.1 Å². The number of unbranched alkanes of at least 4 members (excludes halogenated alkanes) is 9. The third-order valence-corrected chi connectivity index (χ3v) is 4.59. The number of hydrogen-bond donors (Lipinski definition) is 0. The molecular weight excluding hydrogens is 354 g/mol. The summed E-state index contributed by atoms with van der Waals surface area (Å²) in [6, 6.07) is 0. The van der Waals surface area contributed by atoms with Gasteiger partial charge in [0, 0.05) is 18.8 Å². The highest BCUT2D eigenvalue weighted by Gasteiger charge is 2.22. The zero-order chi connectivity index (χ0) is 21.3. The Balaban J connectivity index is 3.74. The van der Waals surface area contributed by atoms with Gasteiger partial charge in [-0.1, -0.05) is 57.6 Å². The second-order valence-corrected chi connectivity index (χ2v) is 8.79. The van der Waals surface area contributed by atoms with Crippen molar-refractivity contribution in [1.82, 2.24) is 0 Å². The number of carboxylic acid groups (broad SMARTS) is 1. The molecule has 0 aliphatic heterocycles. The molecule has 164 valence electrons. The van der Waals surface area contributed by atoms with Crippen molar-refractivity contribution in [3.8, 4) is 0 Å². The molecule has 0 fully saturated rings. The molecular formula is C23H43NO4. The van der Waals surface area contributed by atoms with E-state index in [1.54, 1.807) is 0 Å². The van der Waals surface area contributed by atoms with Crippen LogP contribution in [-0.2, 0) is 14.3 Å². The standard InChI is InChI=1S/C23H43NO4/c1-5-6-7-8-9-10-11-12-13-14-15-16-17-18-23(27)28-21(19-22(25)26)20-24(2,3)4/h12-13,21H,5-11,14-20H2,1-4H3/b13-12+. The SMILES string of the molecule is CCCCCCCC/C=C/CCCCCC(=O)OC(CC(=O)[O-])C[N+](C)(C)C. The average molecular weight is 398 g/mol. The Morgan fingerprint density at radius 2 is 1.43 bits per heavy atom. The molecule has 28 heavy (non-hydrogen) atoms. The minimum atomic E-state index is -1.18. The van der Waals surface area contributed by atoms with E-state index in [0.717, 1.165) is 25.7 Å². The quantitative estimate of drug-likeness (QED) is 0.152. The van der Waals surface area contributed by atoms with Crippen LogP contribution in [0.1, 0.15) is 90.4 Å². The van der Waals surface area contributed by atoms with Crippen molar-refractivity contribution in [3.63, 3.8) is 0 Å². The van der Waals surface area contributed by atoms with E-state index in [-0.39, 0.29) is 12.4 Å². The molecule has 0 saturated carbocycles. The normalized spacial score (nSPS) is 13.0. The first-order valence-corrected chi connectivity index (χ1v) is 11.1. The van der Waals surface area contributed by atoms with Crippen LogP contribution in [0.25, 0.3) is 0 Å². The number of carbonyl (C=O) groups excluding carboxylic acids is 2. The van der Waals surface area contributed by atoms with Crippen molar-refractivity contribution in [1.29, 1.82) is 0 Å². The molecule has 0 amide bonds. The van der Waals surface area contributed by atoms with Gasteiger partial charge in [0.05, 0.1) is 21.1 Å². The molecule has 0 aromatic carbocycles. The highest BCUT2D eigenvalue weighted by molar-refractivity contribution is 5.70. The molecule has 0 aromatic heterocycles. The first-order chi connectivity index (χ1) is 13.2. The number of hydrogen-bond acceptors (Lipinski definition) is 4. The van der Waals surface area contributed by atoms with Crippen molar-refractivity contribution >= 4 is 11.9 Å². The van der Waals surface area contributed by atoms with E-state index in [1.165, 1.54) is 44.9 Å². The molecule has 1 unspecified atom stereocenters. The summed E-state index contributed by atoms with van der Waals surface area (Å²) in [5, 5.41) is 10.8. The maximum atomic E-state index is 12.0. The van der Waals surface area contributed by atoms with Gasteiger partial charge in [-0.05, 0) is 32.1 Å². The molecule has 0 bridgehead atoms. The lowest BCUT2D eigenvalue weighted by atomic mass is 10.1. The predicted molar refractivity (Wildman–Crippen MR) is 113 cm³/mol. The molecule has 5 heteroatoms. The summed E-state index contributed by atoms with van der Waals surface area (Å²) in [5.74, 6) is -1.49. The Bertz CT molecular complexity index is 440. The molecule has 0 saturated heterocycles. The number of allylic oxidation sites excluding steroid dienone is 2. The Kier molecular flexibility index (Phi) is 15.8. The van der Waals surface area contributed by atoms with E-state index in [9.17, 15) is 14.7 Å². The van der Waals surface area contributed by atoms with Gasteiger partial charge in [-0.2, -0.15) is 0 Å². The third-order valence-electron chi connectivity index (χ3n) is 4.59. The van der Waals surface area contributed by atoms with Crippen LogP contribution in [0.5, 0.6) is 0 Å². The van der Waals surface area contributed by atoms with E-state index >= 15 is 0 Å². The van der Waals surface area contributed by atoms with Crippen LogP contribution in [0, 0.1) is 0 Å². The highest BCUT2D eigenvalue weighted by Crippen LogP contribution is 2.10. The molecule has 0 aromatic rings. The van der Waals surface area contributed by atoms with E-state index in [1.807, 2.05) is 21.1 Å². The summed E-state index contributed by atoms with van der Waals surface area (Å²) < 4.78 is 5.89. The monoisotopic (exact) mass is 397 g/mol. The molecule has 0 N–H and O–H groups in total. The second kappa shape index (κ2) is 16.6. The van der Waals surface area contributed by atoms with Gasteiger partial charge in [0.25, 0.3) is 0 Å². The van der Waals surface area contributed by atoms with Gasteiger partial charge in [-0.3, -0.25) is 4.79 Å². The van der Waals surface area contributed by atoms with Gasteiger partial charge < -0.3 is 19.1 Å². The first-order valence-electron chi connectivity index (χ1n) is 11.1. The van der Waals surface area contributed by atoms with Crippen molar-refractivity contribution in [2.75, 3.05) is 27.7 Å². The fourth-order valence-corrected chi connectivity index (χ4v) is 3.17. The predicted octanol–water partition coefficient (Wildman–Crippen LogP) is 4.00. The van der Waals surface area contributed by atoms with Crippen molar-refractivity contribution in [3.05, 3.63) is 12.2 Å². The van der Waals surface area contributed by atoms with Crippen molar-refractivity contribution < 1.29 is 23.9 Å². The summed E-state index contributed by atoms with van der Waals surface area (Å²) in [5.41, 5.74) is 0. The van der Waals surface area contributed by atoms with Crippen molar-refractivity contribution in [2.24, 2.45) is 0 Å². The topological polar surface area (TPSA) is 66.4 Å². The molecule has 0 aliphatic rings. The number of carbonyl (C=O) groups is 2. The van der Waals surface area contributed by atoms with Crippen LogP contribution in [-0.4, -0.2) is 50.2 Å². The lowest BCUT2D eigenvalue weighted by Crippen LogP contribution is -2.45. The van der Waals surface area contributed by atoms with Crippen LogP contribution in [0.15, 0.2) is 12.2 Å². The first kappa shape index (κ1) is 26.6. The molecule has 0 spiro atoms. The summed E-state index contributed by atoms with van der Waals surface area (Å²) >= 11 is 0. The van der Waals surface area contributed by atoms with Gasteiger partial charge in [0.2, 0.25) is 0 Å². The third kappa shape index (κ3) is 19.4. The average Bonchev–Trinajstić information content (AvgIpc) is 2.56. The number of esters is 1. The van der Waals surface area contributed by atoms with Gasteiger partial charge in [-0.25, -0.2) is 0 Å². The fourth-order valence-electron chi connectivity index (χ4n) is 3.17. The number of carboxylic acids is 1. The number of likely N-dealkylation sites (N-methyl/N-ethyl adjacent to an activating group) is 1. The summed E-state index contributed by atoms with van der Waals surface area (Å²) in [7, 11) is 5.82. The Morgan fingerprint density at radius 3 is 1.96 bits per heavy atom. The van der Waals surface area contributed by atoms with Crippen LogP contribution in [0.2, 0.25) is 0 Å². The van der Waals surface area contributed by atoms with Gasteiger partial charge in [-0.15, -0.1) is 0 Å². The number of aliphatic carboxylic acids is 1. The van der Waals surface area contributed by atoms with E-state index in [0.29, 0.717) is 17.4 Å². The number of nitrogens with zero attached hydrogens (tertiary/aromatic N) is 1. The minimum absolute atomic E-state index is 0.245. The number of ether oxygens (including phenoxy) is 1. The minimum Gasteiger partial charge on any atom is -0.550 e. The van der Waals surface area contributed by atoms with Gasteiger partial charge in [0.15, 0.2) is 6.10 Å². The lowest BCUT2D eigenvalue weighted by Gasteiger charge is -2.29. The molecule has 5 nitrogen and oxygen atoms in total. The van der Waals surface area contributed by atoms with E-state index in [4.69, 9.17) is 4.74 Å². The molecule has 0 aliphatic carbocycles. The zero-order valence-corrected chi connectivity index (χ0v) is 18.7. The van der Waals surface area contributed by atoms with Crippen LogP contribution in [0.4, 0.5) is 0 Å². The number of rotatable bonds is 18. The zero-order valence-electron chi connectivity index (χ0n) is 18.7. The molecule has 0 heterocycles. The maximum absolute atomic E-state index is 12.0. The van der Waals surface area contributed by atoms with Gasteiger partial charge >= 0.3 is 5.97 Å². The Morgan fingerprint density at radius 1 is 0.893 bits per heavy atom. The second-order valence-electron chi connectivity index (χ2n) is 8.79. The lowest BCUT2D eigenvalue weighted by molar-refractivity contribution is -0.873. The van der Waals surface area contributed by atoms with Crippen molar-refractivity contribution in [2.45, 2.75) is 96.5 Å². The summed E-state index contributed by atoms with van der Waals surface area (Å²) in [6.07, 6.45) is 17.1. The number of quaternary nitrogens is 1. The highest BCUT2D eigenvalue weighted by atomic mass is 16.5. The largest absolute Gasteiger partial charge is 0.550 e. The van der Waals surface area contributed by atoms with E-state index in [2.05, 4.69) is 19.1 Å². The maximum Gasteiger partial charge on any atom is 0.306 e. The molecule has 0 radical (unpaired) electrons. The molecule has 0 rings (SSSR count). The Hall–Kier alpha value is -1.36. The summed E-state index contributed by atoms with van der Waals surface area (Å²) in [4.78, 5) is 22.8. The van der Waals surface area contributed by atoms with Gasteiger partial charge in [0.1, 0.15) is 6.54 Å². The van der Waals surface area contributed by atoms with Crippen LogP contribution >= 0.6 is 0 Å².